The molecule has 13 heavy (non-hydrogen) atoms. The normalized spacial score (nSPS) is 14.2. The fraction of sp³-hybridized carbons (Fsp3) is 0.900. The highest BCUT2D eigenvalue weighted by Crippen LogP contribution is 2.16. The van der Waals surface area contributed by atoms with Gasteiger partial charge in [-0.1, -0.05) is 27.7 Å². The molecule has 1 amide bonds. The molecular formula is C10H22N2O. The van der Waals surface area contributed by atoms with Gasteiger partial charge in [-0.05, 0) is 18.4 Å². The fourth-order valence-corrected chi connectivity index (χ4v) is 0.883. The van der Waals surface area contributed by atoms with Gasteiger partial charge in [0.2, 0.25) is 5.91 Å². The Morgan fingerprint density at radius 3 is 2.38 bits per heavy atom. The highest BCUT2D eigenvalue weighted by molar-refractivity contribution is 5.76. The third-order valence-electron chi connectivity index (χ3n) is 1.99. The van der Waals surface area contributed by atoms with Gasteiger partial charge in [0.15, 0.2) is 0 Å². The van der Waals surface area contributed by atoms with Crippen molar-refractivity contribution in [2.45, 2.75) is 34.1 Å². The van der Waals surface area contributed by atoms with Gasteiger partial charge in [-0.2, -0.15) is 0 Å². The summed E-state index contributed by atoms with van der Waals surface area (Å²) in [6.45, 7) is 10.1. The van der Waals surface area contributed by atoms with E-state index in [2.05, 4.69) is 26.1 Å². The molecule has 0 radical (unpaired) electrons. The van der Waals surface area contributed by atoms with Crippen molar-refractivity contribution < 1.29 is 4.79 Å². The number of carbonyl (C=O) groups is 1. The summed E-state index contributed by atoms with van der Waals surface area (Å²) >= 11 is 0. The number of amides is 1. The molecule has 0 spiro atoms. The molecule has 0 aliphatic heterocycles. The summed E-state index contributed by atoms with van der Waals surface area (Å²) in [5.74, 6) is -0.303. The van der Waals surface area contributed by atoms with Crippen LogP contribution in [0.15, 0.2) is 0 Å². The van der Waals surface area contributed by atoms with Crippen LogP contribution in [0, 0.1) is 11.3 Å². The Morgan fingerprint density at radius 1 is 1.46 bits per heavy atom. The van der Waals surface area contributed by atoms with Gasteiger partial charge in [0.1, 0.15) is 0 Å². The average Bonchev–Trinajstić information content (AvgIpc) is 1.95. The summed E-state index contributed by atoms with van der Waals surface area (Å²) in [6, 6.07) is 0. The lowest BCUT2D eigenvalue weighted by Crippen LogP contribution is -2.32. The largest absolute Gasteiger partial charge is 0.369 e. The van der Waals surface area contributed by atoms with Crippen molar-refractivity contribution in [2.75, 3.05) is 13.1 Å². The number of primary amides is 1. The highest BCUT2D eigenvalue weighted by Gasteiger charge is 2.11. The van der Waals surface area contributed by atoms with Crippen molar-refractivity contribution in [1.82, 2.24) is 5.32 Å². The second-order valence-electron chi connectivity index (χ2n) is 4.82. The molecule has 3 heteroatoms. The standard InChI is InChI=1S/C10H22N2O/c1-8(9(11)13)7-12-6-5-10(2,3)4/h8,12H,5-7H2,1-4H3,(H2,11,13). The zero-order chi connectivity index (χ0) is 10.5. The molecule has 0 heterocycles. The number of carbonyl (C=O) groups excluding carboxylic acids is 1. The van der Waals surface area contributed by atoms with Gasteiger partial charge in [-0.3, -0.25) is 4.79 Å². The minimum Gasteiger partial charge on any atom is -0.369 e. The lowest BCUT2D eigenvalue weighted by molar-refractivity contribution is -0.121. The molecule has 3 N–H and O–H groups in total. The molecule has 0 bridgehead atoms. The number of nitrogens with two attached hydrogens (primary N) is 1. The molecule has 0 saturated carbocycles. The van der Waals surface area contributed by atoms with E-state index in [1.165, 1.54) is 0 Å². The zero-order valence-electron chi connectivity index (χ0n) is 9.18. The van der Waals surface area contributed by atoms with Gasteiger partial charge in [0.25, 0.3) is 0 Å². The zero-order valence-corrected chi connectivity index (χ0v) is 9.18. The Kier molecular flexibility index (Phi) is 4.99. The first-order valence-electron chi connectivity index (χ1n) is 4.83. The van der Waals surface area contributed by atoms with Crippen LogP contribution in [0.3, 0.4) is 0 Å². The van der Waals surface area contributed by atoms with Gasteiger partial charge in [-0.15, -0.1) is 0 Å². The van der Waals surface area contributed by atoms with Crippen molar-refractivity contribution in [3.8, 4) is 0 Å². The fourth-order valence-electron chi connectivity index (χ4n) is 0.883. The Balaban J connectivity index is 3.41. The minimum atomic E-state index is -0.233. The molecular weight excluding hydrogens is 164 g/mol. The van der Waals surface area contributed by atoms with Crippen LogP contribution in [-0.4, -0.2) is 19.0 Å². The topological polar surface area (TPSA) is 55.1 Å². The van der Waals surface area contributed by atoms with Crippen molar-refractivity contribution in [3.05, 3.63) is 0 Å². The number of nitrogens with one attached hydrogen (secondary N) is 1. The van der Waals surface area contributed by atoms with E-state index in [1.807, 2.05) is 6.92 Å². The van der Waals surface area contributed by atoms with Crippen LogP contribution in [0.25, 0.3) is 0 Å². The van der Waals surface area contributed by atoms with Gasteiger partial charge < -0.3 is 11.1 Å². The van der Waals surface area contributed by atoms with Gasteiger partial charge in [-0.25, -0.2) is 0 Å². The third-order valence-corrected chi connectivity index (χ3v) is 1.99. The SMILES string of the molecule is CC(CNCCC(C)(C)C)C(N)=O. The smallest absolute Gasteiger partial charge is 0.221 e. The third kappa shape index (κ3) is 7.78. The molecule has 0 rings (SSSR count). The van der Waals surface area contributed by atoms with Crippen molar-refractivity contribution in [2.24, 2.45) is 17.1 Å². The second-order valence-corrected chi connectivity index (χ2v) is 4.82. The van der Waals surface area contributed by atoms with E-state index in [1.54, 1.807) is 0 Å². The Morgan fingerprint density at radius 2 is 2.00 bits per heavy atom. The highest BCUT2D eigenvalue weighted by atomic mass is 16.1. The van der Waals surface area contributed by atoms with E-state index < -0.39 is 0 Å². The maximum absolute atomic E-state index is 10.7. The summed E-state index contributed by atoms with van der Waals surface area (Å²) in [7, 11) is 0. The first kappa shape index (κ1) is 12.4. The lowest BCUT2D eigenvalue weighted by Gasteiger charge is -2.18. The Labute approximate surface area is 81.1 Å². The van der Waals surface area contributed by atoms with Crippen LogP contribution in [0.5, 0.6) is 0 Å². The maximum atomic E-state index is 10.7. The number of rotatable bonds is 5. The first-order chi connectivity index (χ1) is 5.83. The first-order valence-corrected chi connectivity index (χ1v) is 4.83. The van der Waals surface area contributed by atoms with E-state index in [0.717, 1.165) is 13.0 Å². The Bertz CT molecular complexity index is 161. The molecule has 1 atom stereocenters. The summed E-state index contributed by atoms with van der Waals surface area (Å²) in [5, 5.41) is 3.22. The van der Waals surface area contributed by atoms with Crippen LogP contribution in [0.4, 0.5) is 0 Å². The van der Waals surface area contributed by atoms with Crippen molar-refractivity contribution in [1.29, 1.82) is 0 Å². The average molecular weight is 186 g/mol. The molecule has 0 aliphatic rings. The summed E-state index contributed by atoms with van der Waals surface area (Å²) in [6.07, 6.45) is 1.11. The maximum Gasteiger partial charge on any atom is 0.221 e. The molecule has 3 nitrogen and oxygen atoms in total. The summed E-state index contributed by atoms with van der Waals surface area (Å²) < 4.78 is 0. The van der Waals surface area contributed by atoms with Gasteiger partial charge in [0.05, 0.1) is 0 Å². The number of hydrogen-bond donors (Lipinski definition) is 2. The molecule has 78 valence electrons. The predicted octanol–water partition coefficient (Wildman–Crippen LogP) is 1.13. The summed E-state index contributed by atoms with van der Waals surface area (Å²) in [5.41, 5.74) is 5.48. The van der Waals surface area contributed by atoms with E-state index in [0.29, 0.717) is 12.0 Å². The molecule has 0 fully saturated rings. The van der Waals surface area contributed by atoms with Crippen molar-refractivity contribution >= 4 is 5.91 Å². The summed E-state index contributed by atoms with van der Waals surface area (Å²) in [4.78, 5) is 10.7. The van der Waals surface area contributed by atoms with Crippen LogP contribution in [-0.2, 0) is 4.79 Å². The van der Waals surface area contributed by atoms with Gasteiger partial charge in [0, 0.05) is 12.5 Å². The second kappa shape index (κ2) is 5.22. The van der Waals surface area contributed by atoms with E-state index in [-0.39, 0.29) is 11.8 Å². The molecule has 0 aliphatic carbocycles. The van der Waals surface area contributed by atoms with Gasteiger partial charge >= 0.3 is 0 Å². The minimum absolute atomic E-state index is 0.0695. The predicted molar refractivity (Wildman–Crippen MR) is 55.3 cm³/mol. The van der Waals surface area contributed by atoms with Crippen LogP contribution in [0.1, 0.15) is 34.1 Å². The van der Waals surface area contributed by atoms with E-state index in [4.69, 9.17) is 5.73 Å². The van der Waals surface area contributed by atoms with E-state index >= 15 is 0 Å². The van der Waals surface area contributed by atoms with Crippen LogP contribution >= 0.6 is 0 Å². The number of hydrogen-bond acceptors (Lipinski definition) is 2. The lowest BCUT2D eigenvalue weighted by atomic mass is 9.92. The van der Waals surface area contributed by atoms with Crippen molar-refractivity contribution in [3.63, 3.8) is 0 Å². The van der Waals surface area contributed by atoms with E-state index in [9.17, 15) is 4.79 Å². The monoisotopic (exact) mass is 186 g/mol. The Hall–Kier alpha value is -0.570. The molecule has 0 aromatic rings. The quantitative estimate of drug-likeness (QED) is 0.632. The molecule has 0 saturated heterocycles. The molecule has 0 aromatic heterocycles. The van der Waals surface area contributed by atoms with Crippen LogP contribution in [0.2, 0.25) is 0 Å². The molecule has 1 unspecified atom stereocenters. The molecule has 0 aromatic carbocycles. The van der Waals surface area contributed by atoms with Crippen LogP contribution < -0.4 is 11.1 Å².